The van der Waals surface area contributed by atoms with E-state index in [4.69, 9.17) is 4.42 Å². The van der Waals surface area contributed by atoms with Crippen LogP contribution in [0.1, 0.15) is 10.8 Å². The third-order valence-electron chi connectivity index (χ3n) is 2.90. The summed E-state index contributed by atoms with van der Waals surface area (Å²) in [4.78, 5) is 16.3. The fourth-order valence-electron chi connectivity index (χ4n) is 1.88. The predicted octanol–water partition coefficient (Wildman–Crippen LogP) is 2.00. The molecule has 0 aromatic carbocycles. The van der Waals surface area contributed by atoms with Crippen molar-refractivity contribution in [3.8, 4) is 11.3 Å². The van der Waals surface area contributed by atoms with Crippen LogP contribution in [0, 0.1) is 0 Å². The van der Waals surface area contributed by atoms with Crippen molar-refractivity contribution < 1.29 is 9.21 Å². The van der Waals surface area contributed by atoms with E-state index in [0.29, 0.717) is 6.54 Å². The van der Waals surface area contributed by atoms with Crippen molar-refractivity contribution in [3.05, 3.63) is 46.9 Å². The lowest BCUT2D eigenvalue weighted by Crippen LogP contribution is -2.24. The Balaban J connectivity index is 1.58. The van der Waals surface area contributed by atoms with Crippen LogP contribution in [-0.4, -0.2) is 20.7 Å². The van der Waals surface area contributed by atoms with Crippen LogP contribution in [0.25, 0.3) is 11.3 Å². The first-order valence-corrected chi connectivity index (χ1v) is 7.31. The molecule has 0 fully saturated rings. The van der Waals surface area contributed by atoms with Crippen molar-refractivity contribution in [2.75, 3.05) is 0 Å². The van der Waals surface area contributed by atoms with Crippen molar-refractivity contribution in [3.63, 3.8) is 0 Å². The van der Waals surface area contributed by atoms with Crippen molar-refractivity contribution in [2.45, 2.75) is 13.0 Å². The number of hydrogen-bond donors (Lipinski definition) is 1. The molecule has 0 aliphatic heterocycles. The molecule has 0 radical (unpaired) electrons. The molecule has 0 saturated carbocycles. The van der Waals surface area contributed by atoms with E-state index in [1.165, 1.54) is 11.3 Å². The average Bonchev–Trinajstić information content (AvgIpc) is 3.17. The van der Waals surface area contributed by atoms with E-state index in [0.717, 1.165) is 22.0 Å². The van der Waals surface area contributed by atoms with Gasteiger partial charge in [0.2, 0.25) is 5.91 Å². The minimum absolute atomic E-state index is 0.0708. The van der Waals surface area contributed by atoms with Gasteiger partial charge in [0, 0.05) is 24.2 Å². The maximum absolute atomic E-state index is 11.9. The molecular weight excluding hydrogens is 288 g/mol. The second-order valence-electron chi connectivity index (χ2n) is 4.56. The van der Waals surface area contributed by atoms with E-state index in [-0.39, 0.29) is 12.3 Å². The Labute approximate surface area is 125 Å². The van der Waals surface area contributed by atoms with E-state index in [9.17, 15) is 4.79 Å². The van der Waals surface area contributed by atoms with Crippen molar-refractivity contribution in [1.29, 1.82) is 0 Å². The van der Waals surface area contributed by atoms with Gasteiger partial charge in [-0.15, -0.1) is 11.3 Å². The molecule has 3 aromatic heterocycles. The molecular formula is C14H14N4O2S. The molecule has 0 atom stereocenters. The molecule has 0 aliphatic rings. The summed E-state index contributed by atoms with van der Waals surface area (Å²) in [5.74, 6) is 0.664. The number of rotatable bonds is 5. The standard InChI is InChI=1S/C14H14N4O2S/c1-18-8-10(6-16-18)12-9-21-14(17-12)5-13(19)15-7-11-3-2-4-20-11/h2-4,6,8-9H,5,7H2,1H3,(H,15,19). The van der Waals surface area contributed by atoms with Crippen LogP contribution >= 0.6 is 11.3 Å². The fourth-order valence-corrected chi connectivity index (χ4v) is 2.68. The number of nitrogens with zero attached hydrogens (tertiary/aromatic N) is 3. The Kier molecular flexibility index (Phi) is 3.83. The predicted molar refractivity (Wildman–Crippen MR) is 78.6 cm³/mol. The average molecular weight is 302 g/mol. The summed E-state index contributed by atoms with van der Waals surface area (Å²) in [6, 6.07) is 3.62. The highest BCUT2D eigenvalue weighted by Crippen LogP contribution is 2.21. The Bertz CT molecular complexity index is 730. The number of carbonyl (C=O) groups is 1. The molecule has 21 heavy (non-hydrogen) atoms. The smallest absolute Gasteiger partial charge is 0.227 e. The first-order chi connectivity index (χ1) is 10.2. The minimum Gasteiger partial charge on any atom is -0.467 e. The van der Waals surface area contributed by atoms with Crippen molar-refractivity contribution >= 4 is 17.2 Å². The number of carbonyl (C=O) groups excluding carboxylic acids is 1. The van der Waals surface area contributed by atoms with Crippen molar-refractivity contribution in [1.82, 2.24) is 20.1 Å². The summed E-state index contributed by atoms with van der Waals surface area (Å²) < 4.78 is 6.89. The minimum atomic E-state index is -0.0708. The second-order valence-corrected chi connectivity index (χ2v) is 5.50. The van der Waals surface area contributed by atoms with Gasteiger partial charge in [-0.2, -0.15) is 5.10 Å². The summed E-state index contributed by atoms with van der Waals surface area (Å²) in [6.07, 6.45) is 5.51. The summed E-state index contributed by atoms with van der Waals surface area (Å²) in [6.45, 7) is 0.396. The third-order valence-corrected chi connectivity index (χ3v) is 3.75. The number of amides is 1. The molecule has 3 rings (SSSR count). The summed E-state index contributed by atoms with van der Waals surface area (Å²) >= 11 is 1.47. The van der Waals surface area contributed by atoms with Gasteiger partial charge in [-0.3, -0.25) is 9.48 Å². The molecule has 0 bridgehead atoms. The summed E-state index contributed by atoms with van der Waals surface area (Å²) in [5, 5.41) is 9.64. The molecule has 0 unspecified atom stereocenters. The van der Waals surface area contributed by atoms with Gasteiger partial charge in [-0.25, -0.2) is 4.98 Å². The quantitative estimate of drug-likeness (QED) is 0.782. The maximum Gasteiger partial charge on any atom is 0.227 e. The lowest BCUT2D eigenvalue weighted by Gasteiger charge is -2.00. The van der Waals surface area contributed by atoms with Crippen LogP contribution in [-0.2, 0) is 24.8 Å². The normalized spacial score (nSPS) is 10.7. The van der Waals surface area contributed by atoms with Gasteiger partial charge in [-0.1, -0.05) is 0 Å². The van der Waals surface area contributed by atoms with E-state index in [1.807, 2.05) is 24.7 Å². The van der Waals surface area contributed by atoms with Crippen LogP contribution in [0.15, 0.2) is 40.6 Å². The summed E-state index contributed by atoms with van der Waals surface area (Å²) in [7, 11) is 1.86. The Morgan fingerprint density at radius 2 is 2.43 bits per heavy atom. The molecule has 0 aliphatic carbocycles. The topological polar surface area (TPSA) is 73.0 Å². The fraction of sp³-hybridized carbons (Fsp3) is 0.214. The van der Waals surface area contributed by atoms with Gasteiger partial charge in [0.25, 0.3) is 0 Å². The highest BCUT2D eigenvalue weighted by molar-refractivity contribution is 7.10. The highest BCUT2D eigenvalue weighted by atomic mass is 32.1. The summed E-state index contributed by atoms with van der Waals surface area (Å²) in [5.41, 5.74) is 1.80. The van der Waals surface area contributed by atoms with Gasteiger partial charge in [0.15, 0.2) is 0 Å². The second kappa shape index (κ2) is 5.92. The zero-order chi connectivity index (χ0) is 14.7. The van der Waals surface area contributed by atoms with Gasteiger partial charge >= 0.3 is 0 Å². The van der Waals surface area contributed by atoms with Crippen LogP contribution in [0.4, 0.5) is 0 Å². The number of hydrogen-bond acceptors (Lipinski definition) is 5. The molecule has 1 N–H and O–H groups in total. The first-order valence-electron chi connectivity index (χ1n) is 6.43. The Morgan fingerprint density at radius 3 is 3.14 bits per heavy atom. The first kappa shape index (κ1) is 13.6. The van der Waals surface area contributed by atoms with Crippen LogP contribution < -0.4 is 5.32 Å². The van der Waals surface area contributed by atoms with Gasteiger partial charge < -0.3 is 9.73 Å². The number of furan rings is 1. The number of aryl methyl sites for hydroxylation is 1. The zero-order valence-corrected chi connectivity index (χ0v) is 12.3. The lowest BCUT2D eigenvalue weighted by molar-refractivity contribution is -0.120. The number of nitrogens with one attached hydrogen (secondary N) is 1. The van der Waals surface area contributed by atoms with E-state index in [1.54, 1.807) is 23.2 Å². The number of aromatic nitrogens is 3. The van der Waals surface area contributed by atoms with Gasteiger partial charge in [0.05, 0.1) is 31.1 Å². The number of thiazole rings is 1. The third kappa shape index (κ3) is 3.38. The van der Waals surface area contributed by atoms with Crippen LogP contribution in [0.5, 0.6) is 0 Å². The van der Waals surface area contributed by atoms with E-state index >= 15 is 0 Å². The zero-order valence-electron chi connectivity index (χ0n) is 11.4. The van der Waals surface area contributed by atoms with Crippen LogP contribution in [0.3, 0.4) is 0 Å². The Morgan fingerprint density at radius 1 is 1.52 bits per heavy atom. The van der Waals surface area contributed by atoms with Gasteiger partial charge in [-0.05, 0) is 12.1 Å². The molecule has 0 saturated heterocycles. The molecule has 7 heteroatoms. The molecule has 3 heterocycles. The maximum atomic E-state index is 11.9. The van der Waals surface area contributed by atoms with Gasteiger partial charge in [0.1, 0.15) is 10.8 Å². The Hall–Kier alpha value is -2.41. The molecule has 0 spiro atoms. The van der Waals surface area contributed by atoms with Crippen LogP contribution in [0.2, 0.25) is 0 Å². The molecule has 108 valence electrons. The monoisotopic (exact) mass is 302 g/mol. The highest BCUT2D eigenvalue weighted by Gasteiger charge is 2.10. The SMILES string of the molecule is Cn1cc(-c2csc(CC(=O)NCc3ccco3)n2)cn1. The van der Waals surface area contributed by atoms with E-state index in [2.05, 4.69) is 15.4 Å². The largest absolute Gasteiger partial charge is 0.467 e. The molecule has 1 amide bonds. The van der Waals surface area contributed by atoms with E-state index < -0.39 is 0 Å². The molecule has 6 nitrogen and oxygen atoms in total. The molecule has 3 aromatic rings. The van der Waals surface area contributed by atoms with Crippen molar-refractivity contribution in [2.24, 2.45) is 7.05 Å². The lowest BCUT2D eigenvalue weighted by atomic mass is 10.3.